The molecule has 1 atom stereocenters. The summed E-state index contributed by atoms with van der Waals surface area (Å²) >= 11 is 0. The fourth-order valence-electron chi connectivity index (χ4n) is 4.28. The molecular formula is C24H26N2O2. The van der Waals surface area contributed by atoms with Gasteiger partial charge in [0, 0.05) is 11.6 Å². The SMILES string of the molecule is Cc1ccc(C)c(C(c2cnc3ccccc3c2)N2CCC(C(=O)O)CC2)c1. The molecule has 1 aliphatic heterocycles. The van der Waals surface area contributed by atoms with Crippen molar-refractivity contribution in [3.63, 3.8) is 0 Å². The monoisotopic (exact) mass is 374 g/mol. The van der Waals surface area contributed by atoms with E-state index in [1.54, 1.807) is 0 Å². The molecule has 1 N–H and O–H groups in total. The minimum Gasteiger partial charge on any atom is -0.481 e. The van der Waals surface area contributed by atoms with Crippen LogP contribution in [0.3, 0.4) is 0 Å². The smallest absolute Gasteiger partial charge is 0.306 e. The van der Waals surface area contributed by atoms with E-state index in [0.29, 0.717) is 12.8 Å². The van der Waals surface area contributed by atoms with Gasteiger partial charge in [0.1, 0.15) is 0 Å². The summed E-state index contributed by atoms with van der Waals surface area (Å²) in [4.78, 5) is 18.5. The first-order valence-corrected chi connectivity index (χ1v) is 9.91. The number of aryl methyl sites for hydroxylation is 2. The van der Waals surface area contributed by atoms with Crippen molar-refractivity contribution in [2.45, 2.75) is 32.7 Å². The van der Waals surface area contributed by atoms with Crippen LogP contribution in [0.15, 0.2) is 54.7 Å². The highest BCUT2D eigenvalue weighted by Gasteiger charge is 2.31. The molecule has 0 bridgehead atoms. The molecule has 1 saturated heterocycles. The van der Waals surface area contributed by atoms with Crippen LogP contribution in [0.2, 0.25) is 0 Å². The van der Waals surface area contributed by atoms with Gasteiger partial charge in [-0.2, -0.15) is 0 Å². The highest BCUT2D eigenvalue weighted by Crippen LogP contribution is 2.35. The molecule has 0 amide bonds. The second-order valence-electron chi connectivity index (χ2n) is 7.87. The number of piperidine rings is 1. The number of hydrogen-bond acceptors (Lipinski definition) is 3. The maximum atomic E-state index is 11.4. The lowest BCUT2D eigenvalue weighted by atomic mass is 9.89. The molecule has 4 heteroatoms. The van der Waals surface area contributed by atoms with E-state index in [4.69, 9.17) is 4.98 Å². The van der Waals surface area contributed by atoms with Crippen molar-refractivity contribution in [1.82, 2.24) is 9.88 Å². The summed E-state index contributed by atoms with van der Waals surface area (Å²) in [5, 5.41) is 10.5. The Balaban J connectivity index is 1.77. The van der Waals surface area contributed by atoms with Crippen LogP contribution in [-0.4, -0.2) is 34.0 Å². The third-order valence-corrected chi connectivity index (χ3v) is 5.90. The Labute approximate surface area is 165 Å². The predicted octanol–water partition coefficient (Wildman–Crippen LogP) is 4.74. The molecule has 1 aliphatic rings. The predicted molar refractivity (Wildman–Crippen MR) is 111 cm³/mol. The van der Waals surface area contributed by atoms with E-state index in [-0.39, 0.29) is 12.0 Å². The zero-order valence-corrected chi connectivity index (χ0v) is 16.4. The van der Waals surface area contributed by atoms with E-state index in [2.05, 4.69) is 49.1 Å². The van der Waals surface area contributed by atoms with E-state index in [1.807, 2.05) is 24.4 Å². The average molecular weight is 374 g/mol. The van der Waals surface area contributed by atoms with Gasteiger partial charge in [-0.3, -0.25) is 14.7 Å². The number of fused-ring (bicyclic) bond motifs is 1. The highest BCUT2D eigenvalue weighted by molar-refractivity contribution is 5.79. The number of rotatable bonds is 4. The number of para-hydroxylation sites is 1. The quantitative estimate of drug-likeness (QED) is 0.717. The van der Waals surface area contributed by atoms with Gasteiger partial charge < -0.3 is 5.11 Å². The fourth-order valence-corrected chi connectivity index (χ4v) is 4.28. The maximum absolute atomic E-state index is 11.4. The summed E-state index contributed by atoms with van der Waals surface area (Å²) in [6, 6.07) is 17.1. The molecular weight excluding hydrogens is 348 g/mol. The van der Waals surface area contributed by atoms with Crippen LogP contribution in [0.1, 0.15) is 41.1 Å². The van der Waals surface area contributed by atoms with Crippen LogP contribution < -0.4 is 0 Å². The summed E-state index contributed by atoms with van der Waals surface area (Å²) < 4.78 is 0. The van der Waals surface area contributed by atoms with Crippen LogP contribution in [-0.2, 0) is 4.79 Å². The number of likely N-dealkylation sites (tertiary alicyclic amines) is 1. The highest BCUT2D eigenvalue weighted by atomic mass is 16.4. The minimum atomic E-state index is -0.671. The number of hydrogen-bond donors (Lipinski definition) is 1. The zero-order valence-electron chi connectivity index (χ0n) is 16.4. The lowest BCUT2D eigenvalue weighted by Crippen LogP contribution is -2.39. The number of carboxylic acid groups (broad SMARTS) is 1. The number of benzene rings is 2. The number of aromatic nitrogens is 1. The average Bonchev–Trinajstić information content (AvgIpc) is 2.71. The van der Waals surface area contributed by atoms with Gasteiger partial charge in [-0.1, -0.05) is 42.0 Å². The Morgan fingerprint density at radius 1 is 1.11 bits per heavy atom. The van der Waals surface area contributed by atoms with Gasteiger partial charge in [-0.15, -0.1) is 0 Å². The van der Waals surface area contributed by atoms with Crippen molar-refractivity contribution in [2.75, 3.05) is 13.1 Å². The molecule has 0 spiro atoms. The van der Waals surface area contributed by atoms with Crippen LogP contribution in [0.4, 0.5) is 0 Å². The second kappa shape index (κ2) is 7.72. The van der Waals surface area contributed by atoms with Gasteiger partial charge in [0.25, 0.3) is 0 Å². The Bertz CT molecular complexity index is 1010. The van der Waals surface area contributed by atoms with Crippen molar-refractivity contribution >= 4 is 16.9 Å². The summed E-state index contributed by atoms with van der Waals surface area (Å²) in [5.74, 6) is -0.902. The number of carbonyl (C=O) groups is 1. The molecule has 0 radical (unpaired) electrons. The minimum absolute atomic E-state index is 0.0896. The van der Waals surface area contributed by atoms with Gasteiger partial charge in [-0.25, -0.2) is 0 Å². The Hall–Kier alpha value is -2.72. The molecule has 1 fully saturated rings. The molecule has 3 aromatic rings. The maximum Gasteiger partial charge on any atom is 0.306 e. The Morgan fingerprint density at radius 3 is 2.61 bits per heavy atom. The van der Waals surface area contributed by atoms with Crippen LogP contribution in [0, 0.1) is 19.8 Å². The van der Waals surface area contributed by atoms with Gasteiger partial charge in [-0.05, 0) is 68.6 Å². The molecule has 4 rings (SSSR count). The van der Waals surface area contributed by atoms with Crippen LogP contribution >= 0.6 is 0 Å². The number of aliphatic carboxylic acids is 1. The van der Waals surface area contributed by atoms with Crippen molar-refractivity contribution in [2.24, 2.45) is 5.92 Å². The largest absolute Gasteiger partial charge is 0.481 e. The summed E-state index contributed by atoms with van der Waals surface area (Å²) in [5.41, 5.74) is 5.94. The van der Waals surface area contributed by atoms with E-state index < -0.39 is 5.97 Å². The molecule has 2 heterocycles. The van der Waals surface area contributed by atoms with E-state index >= 15 is 0 Å². The molecule has 0 aliphatic carbocycles. The van der Waals surface area contributed by atoms with Crippen molar-refractivity contribution in [3.8, 4) is 0 Å². The van der Waals surface area contributed by atoms with E-state index in [9.17, 15) is 9.90 Å². The van der Waals surface area contributed by atoms with Crippen molar-refractivity contribution in [1.29, 1.82) is 0 Å². The lowest BCUT2D eigenvalue weighted by molar-refractivity contribution is -0.143. The number of pyridine rings is 1. The molecule has 2 aromatic carbocycles. The van der Waals surface area contributed by atoms with E-state index in [0.717, 1.165) is 24.0 Å². The number of carboxylic acids is 1. The lowest BCUT2D eigenvalue weighted by Gasteiger charge is -2.37. The van der Waals surface area contributed by atoms with Crippen molar-refractivity contribution < 1.29 is 9.90 Å². The topological polar surface area (TPSA) is 53.4 Å². The van der Waals surface area contributed by atoms with Gasteiger partial charge in [0.2, 0.25) is 0 Å². The second-order valence-corrected chi connectivity index (χ2v) is 7.87. The summed E-state index contributed by atoms with van der Waals surface area (Å²) in [6.45, 7) is 5.83. The fraction of sp³-hybridized carbons (Fsp3) is 0.333. The Morgan fingerprint density at radius 2 is 1.86 bits per heavy atom. The van der Waals surface area contributed by atoms with Gasteiger partial charge in [0.15, 0.2) is 0 Å². The summed E-state index contributed by atoms with van der Waals surface area (Å²) in [6.07, 6.45) is 3.37. The standard InChI is InChI=1S/C24H26N2O2/c1-16-7-8-17(2)21(13-16)23(26-11-9-18(10-12-26)24(27)28)20-14-19-5-3-4-6-22(19)25-15-20/h3-8,13-15,18,23H,9-12H2,1-2H3,(H,27,28). The first-order valence-electron chi connectivity index (χ1n) is 9.91. The molecule has 1 unspecified atom stereocenters. The van der Waals surface area contributed by atoms with Gasteiger partial charge >= 0.3 is 5.97 Å². The van der Waals surface area contributed by atoms with Crippen molar-refractivity contribution in [3.05, 3.63) is 77.0 Å². The first-order chi connectivity index (χ1) is 13.5. The zero-order chi connectivity index (χ0) is 19.7. The molecule has 28 heavy (non-hydrogen) atoms. The molecule has 0 saturated carbocycles. The first kappa shape index (κ1) is 18.6. The third-order valence-electron chi connectivity index (χ3n) is 5.90. The van der Waals surface area contributed by atoms with Crippen LogP contribution in [0.5, 0.6) is 0 Å². The van der Waals surface area contributed by atoms with E-state index in [1.165, 1.54) is 22.3 Å². The third kappa shape index (κ3) is 3.65. The molecule has 1 aromatic heterocycles. The normalized spacial score (nSPS) is 16.9. The Kier molecular flexibility index (Phi) is 5.14. The van der Waals surface area contributed by atoms with Gasteiger partial charge in [0.05, 0.1) is 17.5 Å². The van der Waals surface area contributed by atoms with Crippen LogP contribution in [0.25, 0.3) is 10.9 Å². The summed E-state index contributed by atoms with van der Waals surface area (Å²) in [7, 11) is 0. The molecule has 144 valence electrons. The molecule has 4 nitrogen and oxygen atoms in total. The number of nitrogens with zero attached hydrogens (tertiary/aromatic N) is 2.